The van der Waals surface area contributed by atoms with Gasteiger partial charge in [-0.15, -0.1) is 0 Å². The molecule has 0 aliphatic carbocycles. The molecule has 0 radical (unpaired) electrons. The number of hydrogen-bond donors (Lipinski definition) is 1. The zero-order valence-corrected chi connectivity index (χ0v) is 19.1. The Morgan fingerprint density at radius 3 is 1.58 bits per heavy atom. The number of phenols is 1. The van der Waals surface area contributed by atoms with Crippen LogP contribution < -0.4 is 20.7 Å². The molecule has 1 N–H and O–H groups in total. The van der Waals surface area contributed by atoms with E-state index in [4.69, 9.17) is 16.0 Å². The second-order valence-corrected chi connectivity index (χ2v) is 14.0. The Morgan fingerprint density at radius 1 is 0.710 bits per heavy atom. The summed E-state index contributed by atoms with van der Waals surface area (Å²) < 4.78 is 5.73. The summed E-state index contributed by atoms with van der Waals surface area (Å²) in [4.78, 5) is 0. The molecule has 4 rings (SSSR count). The number of aromatic hydroxyl groups is 1. The normalized spacial score (nSPS) is 12.6. The molecule has 0 heterocycles. The summed E-state index contributed by atoms with van der Waals surface area (Å²) >= 11 is 8.09. The van der Waals surface area contributed by atoms with Crippen molar-refractivity contribution in [3.63, 3.8) is 0 Å². The molecule has 0 saturated heterocycles. The Morgan fingerprint density at radius 2 is 1.16 bits per heavy atom. The Balaban J connectivity index is 2.06. The van der Waals surface area contributed by atoms with Crippen LogP contribution in [0, 0.1) is 0 Å². The third-order valence-electron chi connectivity index (χ3n) is 5.71. The van der Waals surface area contributed by atoms with Crippen LogP contribution in [0.2, 0.25) is 0 Å². The van der Waals surface area contributed by atoms with Gasteiger partial charge in [-0.3, -0.25) is 0 Å². The fraction of sp³-hybridized carbons (Fsp3) is 0.111. The molecule has 0 bridgehead atoms. The van der Waals surface area contributed by atoms with Gasteiger partial charge >= 0.3 is 189 Å². The van der Waals surface area contributed by atoms with E-state index < -0.39 is 5.96 Å². The quantitative estimate of drug-likeness (QED) is 0.353. The first-order chi connectivity index (χ1) is 15.1. The molecular formula is C27H26ClO2P. The molecule has 0 unspecified atom stereocenters. The number of hydrogen-bond acceptors (Lipinski definition) is 2. The third-order valence-corrected chi connectivity index (χ3v) is 12.9. The zero-order chi connectivity index (χ0) is 21.8. The molecule has 2 nitrogen and oxygen atoms in total. The van der Waals surface area contributed by atoms with Crippen LogP contribution in [0.4, 0.5) is 0 Å². The fourth-order valence-corrected chi connectivity index (χ4v) is 10.3. The Kier molecular flexibility index (Phi) is 6.05. The van der Waals surface area contributed by atoms with Gasteiger partial charge < -0.3 is 0 Å². The Labute approximate surface area is 188 Å². The van der Waals surface area contributed by atoms with Crippen molar-refractivity contribution in [3.8, 4) is 11.5 Å². The minimum absolute atomic E-state index is 0.223. The van der Waals surface area contributed by atoms with Crippen molar-refractivity contribution in [3.05, 3.63) is 115 Å². The number of rotatable bonds is 7. The maximum atomic E-state index is 10.8. The van der Waals surface area contributed by atoms with Crippen LogP contribution in [0.1, 0.15) is 12.5 Å². The maximum absolute atomic E-state index is 10.8. The van der Waals surface area contributed by atoms with Crippen molar-refractivity contribution in [2.45, 2.75) is 13.1 Å². The minimum atomic E-state index is -3.50. The second-order valence-electron chi connectivity index (χ2n) is 7.57. The molecule has 0 spiro atoms. The van der Waals surface area contributed by atoms with Gasteiger partial charge in [0.2, 0.25) is 0 Å². The van der Waals surface area contributed by atoms with Gasteiger partial charge in [-0.2, -0.15) is 0 Å². The second kappa shape index (κ2) is 8.75. The van der Waals surface area contributed by atoms with Crippen LogP contribution in [-0.4, -0.2) is 11.7 Å². The summed E-state index contributed by atoms with van der Waals surface area (Å²) in [5.41, 5.74) is 0.773. The number of phenolic OH excluding ortho intramolecular Hbond substituents is 1. The Hall–Kier alpha value is -2.80. The molecule has 4 aromatic carbocycles. The van der Waals surface area contributed by atoms with E-state index in [0.29, 0.717) is 12.8 Å². The van der Waals surface area contributed by atoms with Crippen molar-refractivity contribution >= 4 is 33.1 Å². The van der Waals surface area contributed by atoms with E-state index >= 15 is 0 Å². The average molecular weight is 449 g/mol. The van der Waals surface area contributed by atoms with E-state index in [1.165, 1.54) is 0 Å². The van der Waals surface area contributed by atoms with Crippen molar-refractivity contribution < 1.29 is 9.84 Å². The van der Waals surface area contributed by atoms with Crippen LogP contribution in [0.15, 0.2) is 109 Å². The molecule has 0 aromatic heterocycles. The van der Waals surface area contributed by atoms with Crippen LogP contribution in [0.3, 0.4) is 0 Å². The first-order valence-corrected chi connectivity index (χ1v) is 13.7. The predicted octanol–water partition coefficient (Wildman–Crippen LogP) is 5.97. The average Bonchev–Trinajstić information content (AvgIpc) is 2.83. The molecule has 0 atom stereocenters. The van der Waals surface area contributed by atoms with Crippen LogP contribution in [-0.2, 0) is 6.16 Å². The summed E-state index contributed by atoms with van der Waals surface area (Å²) in [6.45, 7) is 2.51. The van der Waals surface area contributed by atoms with Gasteiger partial charge in [-0.25, -0.2) is 0 Å². The topological polar surface area (TPSA) is 29.5 Å². The van der Waals surface area contributed by atoms with Gasteiger partial charge in [0.05, 0.1) is 0 Å². The Bertz CT molecular complexity index is 1050. The molecule has 0 aliphatic heterocycles. The molecule has 0 saturated carbocycles. The molecule has 31 heavy (non-hydrogen) atoms. The van der Waals surface area contributed by atoms with Crippen molar-refractivity contribution in [2.24, 2.45) is 0 Å². The van der Waals surface area contributed by atoms with Gasteiger partial charge in [-0.1, -0.05) is 0 Å². The fourth-order valence-electron chi connectivity index (χ4n) is 4.20. The van der Waals surface area contributed by atoms with E-state index in [1.807, 2.05) is 67.6 Å². The molecule has 0 amide bonds. The van der Waals surface area contributed by atoms with Crippen molar-refractivity contribution in [2.75, 3.05) is 6.61 Å². The summed E-state index contributed by atoms with van der Waals surface area (Å²) in [5.74, 6) is -2.55. The van der Waals surface area contributed by atoms with Gasteiger partial charge in [0.15, 0.2) is 0 Å². The van der Waals surface area contributed by atoms with Crippen LogP contribution >= 0.6 is 17.2 Å². The van der Waals surface area contributed by atoms with Crippen LogP contribution in [0.5, 0.6) is 11.5 Å². The van der Waals surface area contributed by atoms with Crippen molar-refractivity contribution in [1.82, 2.24) is 0 Å². The van der Waals surface area contributed by atoms with E-state index in [2.05, 4.69) is 36.4 Å². The van der Waals surface area contributed by atoms with Crippen molar-refractivity contribution in [1.29, 1.82) is 0 Å². The monoisotopic (exact) mass is 448 g/mol. The molecular weight excluding hydrogens is 423 g/mol. The van der Waals surface area contributed by atoms with E-state index in [9.17, 15) is 5.11 Å². The SMILES string of the molecule is CCOc1ccc(O)c(CP(Cl)(c2ccccc2)(c2ccccc2)c2ccccc2)c1. The van der Waals surface area contributed by atoms with Gasteiger partial charge in [-0.05, 0) is 0 Å². The summed E-state index contributed by atoms with van der Waals surface area (Å²) in [7, 11) is 0. The van der Waals surface area contributed by atoms with Gasteiger partial charge in [0, 0.05) is 0 Å². The zero-order valence-electron chi connectivity index (χ0n) is 17.5. The summed E-state index contributed by atoms with van der Waals surface area (Å²) in [5, 5.41) is 14.0. The summed E-state index contributed by atoms with van der Waals surface area (Å²) in [6.07, 6.45) is 0.470. The molecule has 158 valence electrons. The molecule has 4 aromatic rings. The molecule has 0 fully saturated rings. The van der Waals surface area contributed by atoms with Gasteiger partial charge in [0.1, 0.15) is 0 Å². The van der Waals surface area contributed by atoms with Gasteiger partial charge in [0.25, 0.3) is 0 Å². The van der Waals surface area contributed by atoms with E-state index in [-0.39, 0.29) is 5.75 Å². The number of ether oxygens (including phenoxy) is 1. The molecule has 4 heteroatoms. The third kappa shape index (κ3) is 3.83. The van der Waals surface area contributed by atoms with E-state index in [0.717, 1.165) is 27.2 Å². The first kappa shape index (κ1) is 21.4. The van der Waals surface area contributed by atoms with Crippen LogP contribution in [0.25, 0.3) is 0 Å². The number of halogens is 1. The first-order valence-electron chi connectivity index (χ1n) is 10.4. The predicted molar refractivity (Wildman–Crippen MR) is 134 cm³/mol. The summed E-state index contributed by atoms with van der Waals surface area (Å²) in [6, 6.07) is 36.2. The number of benzene rings is 4. The molecule has 0 aliphatic rings. The standard InChI is InChI=1S/C27H26ClO2P/c1-2-30-23-18-19-27(29)22(20-23)21-31(28,24-12-6-3-7-13-24,25-14-8-4-9-15-25)26-16-10-5-11-17-26/h3-20,29H,2,21H2,1H3. The van der Waals surface area contributed by atoms with E-state index in [1.54, 1.807) is 12.1 Å².